The van der Waals surface area contributed by atoms with Gasteiger partial charge in [0.1, 0.15) is 5.82 Å². The molecular weight excluding hydrogens is 456 g/mol. The molecule has 4 aromatic rings. The molecular formula is C24H29F2N7O2. The summed E-state index contributed by atoms with van der Waals surface area (Å²) >= 11 is 0. The van der Waals surface area contributed by atoms with E-state index in [0.717, 1.165) is 42.3 Å². The maximum Gasteiger partial charge on any atom is 0.256 e. The fourth-order valence-corrected chi connectivity index (χ4v) is 4.70. The number of methoxy groups -OCH3 is 1. The molecule has 0 radical (unpaired) electrons. The van der Waals surface area contributed by atoms with Crippen molar-refractivity contribution < 1.29 is 18.3 Å². The van der Waals surface area contributed by atoms with Crippen LogP contribution < -0.4 is 5.32 Å². The molecule has 0 aromatic carbocycles. The number of ether oxygens (including phenoxy) is 2. The number of fused-ring (bicyclic) bond motifs is 2. The van der Waals surface area contributed by atoms with E-state index in [1.165, 1.54) is 4.57 Å². The van der Waals surface area contributed by atoms with Crippen molar-refractivity contribution in [2.24, 2.45) is 0 Å². The Kier molecular flexibility index (Phi) is 6.87. The van der Waals surface area contributed by atoms with Gasteiger partial charge >= 0.3 is 0 Å². The molecule has 0 aliphatic heterocycles. The van der Waals surface area contributed by atoms with Crippen LogP contribution in [-0.4, -0.2) is 68.0 Å². The van der Waals surface area contributed by atoms with Crippen LogP contribution in [0.2, 0.25) is 0 Å². The van der Waals surface area contributed by atoms with Crippen molar-refractivity contribution in [1.82, 2.24) is 29.1 Å². The van der Waals surface area contributed by atoms with Crippen LogP contribution in [0.4, 0.5) is 14.7 Å². The van der Waals surface area contributed by atoms with Crippen molar-refractivity contribution in [3.8, 4) is 11.1 Å². The lowest BCUT2D eigenvalue weighted by molar-refractivity contribution is -0.00158. The second-order valence-electron chi connectivity index (χ2n) is 8.85. The Labute approximate surface area is 201 Å². The van der Waals surface area contributed by atoms with Gasteiger partial charge in [-0.2, -0.15) is 0 Å². The van der Waals surface area contributed by atoms with Crippen LogP contribution in [0.5, 0.6) is 0 Å². The van der Waals surface area contributed by atoms with Crippen molar-refractivity contribution in [1.29, 1.82) is 0 Å². The molecule has 0 spiro atoms. The fraction of sp³-hybridized carbons (Fsp3) is 0.500. The van der Waals surface area contributed by atoms with E-state index < -0.39 is 13.0 Å². The van der Waals surface area contributed by atoms with E-state index in [-0.39, 0.29) is 6.10 Å². The second-order valence-corrected chi connectivity index (χ2v) is 8.85. The van der Waals surface area contributed by atoms with Gasteiger partial charge in [-0.1, -0.05) is 0 Å². The molecule has 0 bridgehead atoms. The molecule has 11 heteroatoms. The Morgan fingerprint density at radius 1 is 1.11 bits per heavy atom. The smallest absolute Gasteiger partial charge is 0.256 e. The highest BCUT2D eigenvalue weighted by atomic mass is 19.3. The SMILES string of the molecule is COCCO[C@H]1CC[C@H](Nc2ncc3c(-c4cnc5nc(C)n(CC(F)F)c5c4)ccn3n2)CC1. The van der Waals surface area contributed by atoms with Gasteiger partial charge in [-0.3, -0.25) is 0 Å². The number of pyridine rings is 1. The highest BCUT2D eigenvalue weighted by Crippen LogP contribution is 2.29. The lowest BCUT2D eigenvalue weighted by atomic mass is 9.93. The highest BCUT2D eigenvalue weighted by molar-refractivity contribution is 5.85. The molecule has 5 rings (SSSR count). The summed E-state index contributed by atoms with van der Waals surface area (Å²) in [5, 5.41) is 8.07. The van der Waals surface area contributed by atoms with E-state index in [4.69, 9.17) is 9.47 Å². The molecule has 1 aliphatic carbocycles. The Balaban J connectivity index is 1.31. The lowest BCUT2D eigenvalue weighted by Gasteiger charge is -2.29. The van der Waals surface area contributed by atoms with Crippen LogP contribution in [0, 0.1) is 6.92 Å². The minimum atomic E-state index is -2.47. The number of nitrogens with one attached hydrogen (secondary N) is 1. The fourth-order valence-electron chi connectivity index (χ4n) is 4.70. The van der Waals surface area contributed by atoms with Crippen molar-refractivity contribution >= 4 is 22.6 Å². The normalized spacial score (nSPS) is 18.7. The zero-order chi connectivity index (χ0) is 24.4. The first-order valence-electron chi connectivity index (χ1n) is 11.8. The van der Waals surface area contributed by atoms with E-state index >= 15 is 0 Å². The third-order valence-corrected chi connectivity index (χ3v) is 6.49. The van der Waals surface area contributed by atoms with Crippen LogP contribution in [0.1, 0.15) is 31.5 Å². The average Bonchev–Trinajstić information content (AvgIpc) is 3.40. The number of aryl methyl sites for hydroxylation is 1. The van der Waals surface area contributed by atoms with Crippen LogP contribution >= 0.6 is 0 Å². The predicted octanol–water partition coefficient (Wildman–Crippen LogP) is 4.10. The van der Waals surface area contributed by atoms with E-state index in [9.17, 15) is 8.78 Å². The van der Waals surface area contributed by atoms with Gasteiger partial charge in [0.05, 0.1) is 43.1 Å². The van der Waals surface area contributed by atoms with Crippen LogP contribution in [0.3, 0.4) is 0 Å². The van der Waals surface area contributed by atoms with Crippen LogP contribution in [0.25, 0.3) is 27.8 Å². The second kappa shape index (κ2) is 10.2. The molecule has 0 atom stereocenters. The third kappa shape index (κ3) is 5.10. The molecule has 4 heterocycles. The molecule has 1 N–H and O–H groups in total. The number of anilines is 1. The summed E-state index contributed by atoms with van der Waals surface area (Å²) in [6.07, 6.45) is 7.13. The molecule has 1 aliphatic rings. The lowest BCUT2D eigenvalue weighted by Crippen LogP contribution is -2.31. The average molecular weight is 486 g/mol. The van der Waals surface area contributed by atoms with Gasteiger partial charge in [0, 0.05) is 36.7 Å². The van der Waals surface area contributed by atoms with Gasteiger partial charge in [0.15, 0.2) is 5.65 Å². The first-order valence-corrected chi connectivity index (χ1v) is 11.8. The van der Waals surface area contributed by atoms with Crippen molar-refractivity contribution in [2.45, 2.75) is 57.7 Å². The van der Waals surface area contributed by atoms with Crippen molar-refractivity contribution in [3.63, 3.8) is 0 Å². The zero-order valence-corrected chi connectivity index (χ0v) is 19.8. The zero-order valence-electron chi connectivity index (χ0n) is 19.8. The Morgan fingerprint density at radius 2 is 1.94 bits per heavy atom. The van der Waals surface area contributed by atoms with Crippen LogP contribution in [0.15, 0.2) is 30.7 Å². The van der Waals surface area contributed by atoms with Crippen molar-refractivity contribution in [2.75, 3.05) is 25.6 Å². The molecule has 1 fully saturated rings. The van der Waals surface area contributed by atoms with E-state index in [1.54, 1.807) is 30.9 Å². The Morgan fingerprint density at radius 3 is 2.71 bits per heavy atom. The molecule has 35 heavy (non-hydrogen) atoms. The number of alkyl halides is 2. The number of aromatic nitrogens is 6. The van der Waals surface area contributed by atoms with Gasteiger partial charge in [-0.15, -0.1) is 5.10 Å². The van der Waals surface area contributed by atoms with Gasteiger partial charge in [-0.25, -0.2) is 28.2 Å². The minimum Gasteiger partial charge on any atom is -0.382 e. The van der Waals surface area contributed by atoms with Gasteiger partial charge in [0.2, 0.25) is 5.95 Å². The first kappa shape index (κ1) is 23.6. The number of hydrogen-bond donors (Lipinski definition) is 1. The minimum absolute atomic E-state index is 0.283. The summed E-state index contributed by atoms with van der Waals surface area (Å²) in [6.45, 7) is 2.55. The van der Waals surface area contributed by atoms with Gasteiger partial charge in [-0.05, 0) is 44.7 Å². The molecule has 0 saturated heterocycles. The van der Waals surface area contributed by atoms with Crippen LogP contribution in [-0.2, 0) is 16.0 Å². The number of halogens is 2. The Bertz CT molecular complexity index is 1300. The molecule has 186 valence electrons. The molecule has 0 amide bonds. The summed E-state index contributed by atoms with van der Waals surface area (Å²) in [5.74, 6) is 1.09. The number of rotatable bonds is 9. The quantitative estimate of drug-likeness (QED) is 0.357. The third-order valence-electron chi connectivity index (χ3n) is 6.49. The first-order chi connectivity index (χ1) is 17.0. The van der Waals surface area contributed by atoms with E-state index in [2.05, 4.69) is 25.4 Å². The number of hydrogen-bond acceptors (Lipinski definition) is 7. The van der Waals surface area contributed by atoms with Gasteiger partial charge < -0.3 is 19.4 Å². The number of nitrogens with zero attached hydrogens (tertiary/aromatic N) is 6. The summed E-state index contributed by atoms with van der Waals surface area (Å²) in [4.78, 5) is 13.2. The maximum atomic E-state index is 13.1. The van der Waals surface area contributed by atoms with Gasteiger partial charge in [0.25, 0.3) is 6.43 Å². The number of imidazole rings is 1. The molecule has 0 unspecified atom stereocenters. The maximum absolute atomic E-state index is 13.1. The molecule has 1 saturated carbocycles. The standard InChI is InChI=1S/C24H29F2N7O2/c1-15-29-23-20(32(15)14-22(25)26)11-16(12-27-23)19-7-8-33-21(19)13-28-24(31-33)30-17-3-5-18(6-4-17)35-10-9-34-2/h7-8,11-13,17-18,22H,3-6,9-10,14H2,1-2H3,(H,30,31)/t17-,18-. The highest BCUT2D eigenvalue weighted by Gasteiger charge is 2.22. The van der Waals surface area contributed by atoms with E-state index in [1.807, 2.05) is 18.3 Å². The topological polar surface area (TPSA) is 91.4 Å². The molecule has 9 nitrogen and oxygen atoms in total. The summed E-state index contributed by atoms with van der Waals surface area (Å²) in [5.41, 5.74) is 3.52. The summed E-state index contributed by atoms with van der Waals surface area (Å²) in [7, 11) is 1.68. The van der Waals surface area contributed by atoms with Crippen molar-refractivity contribution in [3.05, 3.63) is 36.5 Å². The predicted molar refractivity (Wildman–Crippen MR) is 128 cm³/mol. The Hall–Kier alpha value is -3.18. The summed E-state index contributed by atoms with van der Waals surface area (Å²) < 4.78 is 40.3. The summed E-state index contributed by atoms with van der Waals surface area (Å²) in [6, 6.07) is 4.08. The van der Waals surface area contributed by atoms with E-state index in [0.29, 0.717) is 42.2 Å². The molecule has 4 aromatic heterocycles. The monoisotopic (exact) mass is 485 g/mol. The largest absolute Gasteiger partial charge is 0.382 e.